The van der Waals surface area contributed by atoms with Crippen LogP contribution in [0.1, 0.15) is 48.4 Å². The molecule has 0 radical (unpaired) electrons. The van der Waals surface area contributed by atoms with Crippen LogP contribution >= 0.6 is 0 Å². The minimum atomic E-state index is -2.84. The summed E-state index contributed by atoms with van der Waals surface area (Å²) in [4.78, 5) is 0. The molecule has 0 aliphatic heterocycles. The summed E-state index contributed by atoms with van der Waals surface area (Å²) in [7, 11) is 0. The molecule has 37 heavy (non-hydrogen) atoms. The Labute approximate surface area is 217 Å². The van der Waals surface area contributed by atoms with Crippen LogP contribution in [0.4, 0.5) is 13.2 Å². The van der Waals surface area contributed by atoms with Crippen LogP contribution in [0.15, 0.2) is 78.9 Å². The SMILES string of the molecule is CCCCCOc1ccc(CCc2ccc3c(F)c(CCc4ccc(OC(F)F)cc4)ccc3c2)cc1. The van der Waals surface area contributed by atoms with Crippen molar-refractivity contribution in [2.75, 3.05) is 6.61 Å². The van der Waals surface area contributed by atoms with Gasteiger partial charge in [-0.2, -0.15) is 8.78 Å². The average molecular weight is 507 g/mol. The maximum absolute atomic E-state index is 15.2. The first kappa shape index (κ1) is 26.6. The zero-order valence-corrected chi connectivity index (χ0v) is 21.2. The Morgan fingerprint density at radius 2 is 1.30 bits per heavy atom. The maximum Gasteiger partial charge on any atom is 0.387 e. The number of halogens is 3. The molecule has 4 aromatic carbocycles. The Balaban J connectivity index is 1.33. The first-order valence-electron chi connectivity index (χ1n) is 13.0. The van der Waals surface area contributed by atoms with E-state index >= 15 is 4.39 Å². The van der Waals surface area contributed by atoms with Gasteiger partial charge in [0.15, 0.2) is 0 Å². The van der Waals surface area contributed by atoms with E-state index in [2.05, 4.69) is 29.9 Å². The van der Waals surface area contributed by atoms with Crippen LogP contribution in [0, 0.1) is 5.82 Å². The number of aryl methyl sites for hydroxylation is 4. The van der Waals surface area contributed by atoms with Gasteiger partial charge in [-0.25, -0.2) is 4.39 Å². The molecule has 0 unspecified atom stereocenters. The van der Waals surface area contributed by atoms with Gasteiger partial charge < -0.3 is 9.47 Å². The van der Waals surface area contributed by atoms with Crippen LogP contribution in [0.3, 0.4) is 0 Å². The van der Waals surface area contributed by atoms with Crippen molar-refractivity contribution in [1.82, 2.24) is 0 Å². The van der Waals surface area contributed by atoms with Gasteiger partial charge >= 0.3 is 6.61 Å². The molecule has 0 amide bonds. The molecule has 0 heterocycles. The van der Waals surface area contributed by atoms with Crippen LogP contribution in [0.2, 0.25) is 0 Å². The highest BCUT2D eigenvalue weighted by molar-refractivity contribution is 5.84. The van der Waals surface area contributed by atoms with Crippen LogP contribution < -0.4 is 9.47 Å². The van der Waals surface area contributed by atoms with Crippen molar-refractivity contribution in [2.45, 2.75) is 58.5 Å². The molecule has 0 bridgehead atoms. The molecule has 4 rings (SSSR count). The molecule has 2 nitrogen and oxygen atoms in total. The standard InChI is InChI=1S/C32H33F3O2/c1-2-3-4-21-36-28-16-8-23(9-17-28)5-6-25-12-20-30-27(22-25)15-14-26(31(30)33)13-7-24-10-18-29(19-11-24)37-32(34)35/h8-12,14-20,22,32H,2-7,13,21H2,1H3. The predicted molar refractivity (Wildman–Crippen MR) is 143 cm³/mol. The van der Waals surface area contributed by atoms with Gasteiger partial charge in [0.05, 0.1) is 6.61 Å². The average Bonchev–Trinajstić information content (AvgIpc) is 2.91. The van der Waals surface area contributed by atoms with E-state index in [1.165, 1.54) is 36.1 Å². The molecule has 0 aliphatic rings. The van der Waals surface area contributed by atoms with Crippen LogP contribution in [-0.4, -0.2) is 13.2 Å². The van der Waals surface area contributed by atoms with E-state index in [9.17, 15) is 8.78 Å². The van der Waals surface area contributed by atoms with Crippen molar-refractivity contribution in [1.29, 1.82) is 0 Å². The molecule has 0 aromatic heterocycles. The summed E-state index contributed by atoms with van der Waals surface area (Å²) in [5.41, 5.74) is 4.00. The minimum Gasteiger partial charge on any atom is -0.494 e. The fourth-order valence-electron chi connectivity index (χ4n) is 4.43. The van der Waals surface area contributed by atoms with Crippen molar-refractivity contribution in [3.63, 3.8) is 0 Å². The Kier molecular flexibility index (Phi) is 9.47. The zero-order chi connectivity index (χ0) is 26.0. The molecule has 0 saturated heterocycles. The number of fused-ring (bicyclic) bond motifs is 1. The molecule has 5 heteroatoms. The van der Waals surface area contributed by atoms with Gasteiger partial charge in [0.1, 0.15) is 17.3 Å². The Morgan fingerprint density at radius 1 is 0.676 bits per heavy atom. The summed E-state index contributed by atoms with van der Waals surface area (Å²) in [6.07, 6.45) is 6.37. The van der Waals surface area contributed by atoms with E-state index in [0.29, 0.717) is 23.8 Å². The molecule has 0 aliphatic carbocycles. The van der Waals surface area contributed by atoms with Gasteiger partial charge in [0.2, 0.25) is 0 Å². The largest absolute Gasteiger partial charge is 0.494 e. The minimum absolute atomic E-state index is 0.121. The summed E-state index contributed by atoms with van der Waals surface area (Å²) in [6, 6.07) is 24.5. The number of hydrogen-bond acceptors (Lipinski definition) is 2. The Hall–Kier alpha value is -3.47. The summed E-state index contributed by atoms with van der Waals surface area (Å²) >= 11 is 0. The first-order chi connectivity index (χ1) is 18.0. The van der Waals surface area contributed by atoms with E-state index in [-0.39, 0.29) is 11.6 Å². The number of rotatable bonds is 13. The quantitative estimate of drug-likeness (QED) is 0.169. The lowest BCUT2D eigenvalue weighted by molar-refractivity contribution is -0.0498. The molecule has 0 saturated carbocycles. The number of benzene rings is 4. The second-order valence-electron chi connectivity index (χ2n) is 9.32. The fourth-order valence-corrected chi connectivity index (χ4v) is 4.43. The molecule has 4 aromatic rings. The summed E-state index contributed by atoms with van der Waals surface area (Å²) < 4.78 is 50.0. The number of ether oxygens (including phenoxy) is 2. The van der Waals surface area contributed by atoms with Gasteiger partial charge in [-0.3, -0.25) is 0 Å². The Morgan fingerprint density at radius 3 is 1.97 bits per heavy atom. The monoisotopic (exact) mass is 506 g/mol. The van der Waals surface area contributed by atoms with E-state index < -0.39 is 6.61 Å². The third kappa shape index (κ3) is 7.75. The van der Waals surface area contributed by atoms with Crippen molar-refractivity contribution in [3.05, 3.63) is 107 Å². The van der Waals surface area contributed by atoms with Gasteiger partial charge in [-0.15, -0.1) is 0 Å². The summed E-state index contributed by atoms with van der Waals surface area (Å²) in [5.74, 6) is 0.834. The Bertz CT molecular complexity index is 1270. The van der Waals surface area contributed by atoms with Crippen LogP contribution in [0.25, 0.3) is 10.8 Å². The van der Waals surface area contributed by atoms with Crippen molar-refractivity contribution < 1.29 is 22.6 Å². The number of alkyl halides is 2. The second kappa shape index (κ2) is 13.2. The van der Waals surface area contributed by atoms with Gasteiger partial charge in [-0.1, -0.05) is 74.4 Å². The molecular weight excluding hydrogens is 473 g/mol. The van der Waals surface area contributed by atoms with E-state index in [4.69, 9.17) is 4.74 Å². The molecule has 0 spiro atoms. The predicted octanol–water partition coefficient (Wildman–Crippen LogP) is 8.72. The fraction of sp³-hybridized carbons (Fsp3) is 0.312. The molecule has 194 valence electrons. The van der Waals surface area contributed by atoms with Crippen molar-refractivity contribution in [2.24, 2.45) is 0 Å². The highest BCUT2D eigenvalue weighted by atomic mass is 19.3. The topological polar surface area (TPSA) is 18.5 Å². The van der Waals surface area contributed by atoms with Gasteiger partial charge in [0, 0.05) is 5.39 Å². The molecule has 0 N–H and O–H groups in total. The third-order valence-electron chi connectivity index (χ3n) is 6.57. The normalized spacial score (nSPS) is 11.3. The van der Waals surface area contributed by atoms with Gasteiger partial charge in [-0.05, 0) is 84.0 Å². The van der Waals surface area contributed by atoms with Gasteiger partial charge in [0.25, 0.3) is 0 Å². The highest BCUT2D eigenvalue weighted by Gasteiger charge is 2.10. The summed E-state index contributed by atoms with van der Waals surface area (Å²) in [6.45, 7) is 0.0980. The number of hydrogen-bond donors (Lipinski definition) is 0. The third-order valence-corrected chi connectivity index (χ3v) is 6.57. The van der Waals surface area contributed by atoms with E-state index in [1.807, 2.05) is 36.4 Å². The maximum atomic E-state index is 15.2. The second-order valence-corrected chi connectivity index (χ2v) is 9.32. The van der Waals surface area contributed by atoms with Crippen LogP contribution in [-0.2, 0) is 25.7 Å². The van der Waals surface area contributed by atoms with E-state index in [0.717, 1.165) is 42.6 Å². The lowest BCUT2D eigenvalue weighted by Crippen LogP contribution is -2.02. The molecule has 0 fully saturated rings. The van der Waals surface area contributed by atoms with Crippen molar-refractivity contribution >= 4 is 10.8 Å². The van der Waals surface area contributed by atoms with Crippen molar-refractivity contribution in [3.8, 4) is 11.5 Å². The highest BCUT2D eigenvalue weighted by Crippen LogP contribution is 2.25. The number of unbranched alkanes of at least 4 members (excludes halogenated alkanes) is 2. The zero-order valence-electron chi connectivity index (χ0n) is 21.2. The van der Waals surface area contributed by atoms with E-state index in [1.54, 1.807) is 12.1 Å². The lowest BCUT2D eigenvalue weighted by Gasteiger charge is -2.10. The lowest BCUT2D eigenvalue weighted by atomic mass is 9.97. The smallest absolute Gasteiger partial charge is 0.387 e. The molecule has 0 atom stereocenters. The first-order valence-corrected chi connectivity index (χ1v) is 13.0. The van der Waals surface area contributed by atoms with Crippen LogP contribution in [0.5, 0.6) is 11.5 Å². The summed E-state index contributed by atoms with van der Waals surface area (Å²) in [5, 5.41) is 1.51. The molecular formula is C32H33F3O2.